The highest BCUT2D eigenvalue weighted by Gasteiger charge is 2.33. The first-order valence-electron chi connectivity index (χ1n) is 5.52. The second-order valence-corrected chi connectivity index (χ2v) is 5.25. The van der Waals surface area contributed by atoms with Crippen LogP contribution >= 0.6 is 11.3 Å². The highest BCUT2D eigenvalue weighted by Crippen LogP contribution is 2.35. The Kier molecular flexibility index (Phi) is 3.22. The number of carbonyl (C=O) groups excluding carboxylic acids is 1. The molecule has 0 aromatic carbocycles. The molecule has 1 aliphatic carbocycles. The Hall–Kier alpha value is -0.670. The number of hydrogen-bond donors (Lipinski definition) is 1. The van der Waals surface area contributed by atoms with Gasteiger partial charge in [-0.2, -0.15) is 0 Å². The van der Waals surface area contributed by atoms with Crippen molar-refractivity contribution in [3.05, 3.63) is 21.9 Å². The van der Waals surface area contributed by atoms with Gasteiger partial charge in [-0.05, 0) is 49.2 Å². The summed E-state index contributed by atoms with van der Waals surface area (Å²) in [7, 11) is 0. The molecule has 3 heteroatoms. The third-order valence-corrected chi connectivity index (χ3v) is 4.42. The van der Waals surface area contributed by atoms with Crippen molar-refractivity contribution in [3.8, 4) is 0 Å². The van der Waals surface area contributed by atoms with Crippen molar-refractivity contribution >= 4 is 17.1 Å². The first-order valence-corrected chi connectivity index (χ1v) is 6.40. The van der Waals surface area contributed by atoms with Crippen molar-refractivity contribution in [3.63, 3.8) is 0 Å². The molecule has 82 valence electrons. The van der Waals surface area contributed by atoms with Crippen molar-refractivity contribution < 1.29 is 4.79 Å². The van der Waals surface area contributed by atoms with Crippen LogP contribution in [0.25, 0.3) is 0 Å². The number of rotatable bonds is 3. The largest absolute Gasteiger partial charge is 0.330 e. The Morgan fingerprint density at radius 1 is 1.60 bits per heavy atom. The Balaban J connectivity index is 2.18. The molecular formula is C12H17NOS. The number of Topliss-reactive ketones (excluding diaryl/α,β-unsaturated/α-hetero) is 1. The average molecular weight is 223 g/mol. The van der Waals surface area contributed by atoms with E-state index in [0.717, 1.165) is 29.7 Å². The van der Waals surface area contributed by atoms with E-state index in [-0.39, 0.29) is 5.92 Å². The predicted molar refractivity (Wildman–Crippen MR) is 63.3 cm³/mol. The van der Waals surface area contributed by atoms with E-state index in [1.54, 1.807) is 11.3 Å². The third-order valence-electron chi connectivity index (χ3n) is 3.38. The van der Waals surface area contributed by atoms with Crippen LogP contribution in [0.2, 0.25) is 0 Å². The van der Waals surface area contributed by atoms with E-state index in [4.69, 9.17) is 5.73 Å². The number of ketones is 1. The van der Waals surface area contributed by atoms with Gasteiger partial charge < -0.3 is 5.73 Å². The maximum Gasteiger partial charge on any atom is 0.176 e. The van der Waals surface area contributed by atoms with Crippen LogP contribution < -0.4 is 5.73 Å². The molecule has 2 unspecified atom stereocenters. The van der Waals surface area contributed by atoms with Crippen LogP contribution in [0, 0.1) is 18.8 Å². The van der Waals surface area contributed by atoms with Gasteiger partial charge in [0.05, 0.1) is 4.88 Å². The molecule has 2 rings (SSSR count). The van der Waals surface area contributed by atoms with Gasteiger partial charge in [-0.3, -0.25) is 4.79 Å². The smallest absolute Gasteiger partial charge is 0.176 e. The van der Waals surface area contributed by atoms with Crippen LogP contribution in [0.5, 0.6) is 0 Å². The van der Waals surface area contributed by atoms with E-state index in [1.165, 1.54) is 0 Å². The molecule has 2 N–H and O–H groups in total. The van der Waals surface area contributed by atoms with Gasteiger partial charge in [0.25, 0.3) is 0 Å². The van der Waals surface area contributed by atoms with Crippen molar-refractivity contribution in [2.45, 2.75) is 26.2 Å². The lowest BCUT2D eigenvalue weighted by Gasteiger charge is -2.15. The van der Waals surface area contributed by atoms with E-state index >= 15 is 0 Å². The molecule has 0 radical (unpaired) electrons. The molecule has 0 aliphatic heterocycles. The molecule has 15 heavy (non-hydrogen) atoms. The van der Waals surface area contributed by atoms with Crippen LogP contribution in [-0.2, 0) is 0 Å². The molecular weight excluding hydrogens is 206 g/mol. The van der Waals surface area contributed by atoms with Gasteiger partial charge in [0, 0.05) is 5.92 Å². The van der Waals surface area contributed by atoms with Crippen LogP contribution in [0.4, 0.5) is 0 Å². The van der Waals surface area contributed by atoms with E-state index in [1.807, 2.05) is 18.4 Å². The zero-order valence-corrected chi connectivity index (χ0v) is 9.85. The Morgan fingerprint density at radius 3 is 3.00 bits per heavy atom. The topological polar surface area (TPSA) is 43.1 Å². The highest BCUT2D eigenvalue weighted by molar-refractivity contribution is 7.12. The lowest BCUT2D eigenvalue weighted by molar-refractivity contribution is 0.0897. The standard InChI is InChI=1S/C12H17NOS/c1-8-5-6-15-12(8)11(14)10-4-2-3-9(10)7-13/h5-6,9-10H,2-4,7,13H2,1H3. The SMILES string of the molecule is Cc1ccsc1C(=O)C1CCCC1CN. The van der Waals surface area contributed by atoms with Gasteiger partial charge >= 0.3 is 0 Å². The molecule has 0 amide bonds. The summed E-state index contributed by atoms with van der Waals surface area (Å²) in [5, 5.41) is 2.00. The van der Waals surface area contributed by atoms with Crippen molar-refractivity contribution in [1.29, 1.82) is 0 Å². The molecule has 2 nitrogen and oxygen atoms in total. The van der Waals surface area contributed by atoms with E-state index in [9.17, 15) is 4.79 Å². The van der Waals surface area contributed by atoms with E-state index in [2.05, 4.69) is 0 Å². The summed E-state index contributed by atoms with van der Waals surface area (Å²) in [6.45, 7) is 2.66. The molecule has 0 bridgehead atoms. The number of hydrogen-bond acceptors (Lipinski definition) is 3. The first kappa shape index (κ1) is 10.8. The average Bonchev–Trinajstić information content (AvgIpc) is 2.84. The second kappa shape index (κ2) is 4.45. The summed E-state index contributed by atoms with van der Waals surface area (Å²) in [6, 6.07) is 2.02. The second-order valence-electron chi connectivity index (χ2n) is 4.33. The Labute approximate surface area is 94.5 Å². The Bertz CT molecular complexity index is 358. The quantitative estimate of drug-likeness (QED) is 0.800. The van der Waals surface area contributed by atoms with E-state index < -0.39 is 0 Å². The number of thiophene rings is 1. The maximum absolute atomic E-state index is 12.3. The van der Waals surface area contributed by atoms with Crippen LogP contribution in [-0.4, -0.2) is 12.3 Å². The highest BCUT2D eigenvalue weighted by atomic mass is 32.1. The first-order chi connectivity index (χ1) is 7.24. The number of carbonyl (C=O) groups is 1. The normalized spacial score (nSPS) is 25.7. The molecule has 2 atom stereocenters. The molecule has 1 aromatic heterocycles. The minimum Gasteiger partial charge on any atom is -0.330 e. The van der Waals surface area contributed by atoms with Gasteiger partial charge in [-0.15, -0.1) is 11.3 Å². The molecule has 0 saturated heterocycles. The van der Waals surface area contributed by atoms with Gasteiger partial charge in [0.15, 0.2) is 5.78 Å². The zero-order chi connectivity index (χ0) is 10.8. The van der Waals surface area contributed by atoms with Crippen molar-refractivity contribution in [1.82, 2.24) is 0 Å². The summed E-state index contributed by atoms with van der Waals surface area (Å²) < 4.78 is 0. The molecule has 1 heterocycles. The lowest BCUT2D eigenvalue weighted by Crippen LogP contribution is -2.25. The minimum atomic E-state index is 0.187. The van der Waals surface area contributed by atoms with Crippen LogP contribution in [0.15, 0.2) is 11.4 Å². The molecule has 0 spiro atoms. The third kappa shape index (κ3) is 1.99. The van der Waals surface area contributed by atoms with Gasteiger partial charge in [-0.1, -0.05) is 6.42 Å². The van der Waals surface area contributed by atoms with Crippen LogP contribution in [0.3, 0.4) is 0 Å². The summed E-state index contributed by atoms with van der Waals surface area (Å²) >= 11 is 1.57. The van der Waals surface area contributed by atoms with Gasteiger partial charge in [-0.25, -0.2) is 0 Å². The monoisotopic (exact) mass is 223 g/mol. The van der Waals surface area contributed by atoms with Gasteiger partial charge in [0.1, 0.15) is 0 Å². The Morgan fingerprint density at radius 2 is 2.40 bits per heavy atom. The summed E-state index contributed by atoms with van der Waals surface area (Å²) in [4.78, 5) is 13.2. The predicted octanol–water partition coefficient (Wildman–Crippen LogP) is 2.61. The molecule has 1 aliphatic rings. The lowest BCUT2D eigenvalue weighted by atomic mass is 9.90. The van der Waals surface area contributed by atoms with Crippen LogP contribution in [0.1, 0.15) is 34.5 Å². The number of aryl methyl sites for hydroxylation is 1. The fourth-order valence-corrected chi connectivity index (χ4v) is 3.39. The zero-order valence-electron chi connectivity index (χ0n) is 9.03. The fraction of sp³-hybridized carbons (Fsp3) is 0.583. The molecule has 1 aromatic rings. The maximum atomic E-state index is 12.3. The van der Waals surface area contributed by atoms with Crippen molar-refractivity contribution in [2.75, 3.05) is 6.54 Å². The fourth-order valence-electron chi connectivity index (χ4n) is 2.46. The summed E-state index contributed by atoms with van der Waals surface area (Å²) in [6.07, 6.45) is 3.30. The summed E-state index contributed by atoms with van der Waals surface area (Å²) in [5.41, 5.74) is 6.82. The van der Waals surface area contributed by atoms with E-state index in [0.29, 0.717) is 18.2 Å². The summed E-state index contributed by atoms with van der Waals surface area (Å²) in [5.74, 6) is 0.932. The minimum absolute atomic E-state index is 0.187. The molecule has 1 saturated carbocycles. The van der Waals surface area contributed by atoms with Crippen molar-refractivity contribution in [2.24, 2.45) is 17.6 Å². The number of nitrogens with two attached hydrogens (primary N) is 1. The molecule has 1 fully saturated rings. The van der Waals surface area contributed by atoms with Gasteiger partial charge in [0.2, 0.25) is 0 Å².